The molecule has 162 valence electrons. The Bertz CT molecular complexity index is 1020. The lowest BCUT2D eigenvalue weighted by Gasteiger charge is -2.25. The van der Waals surface area contributed by atoms with Crippen LogP contribution in [0.1, 0.15) is 36.5 Å². The van der Waals surface area contributed by atoms with E-state index in [0.717, 1.165) is 19.3 Å². The monoisotopic (exact) mass is 422 g/mol. The van der Waals surface area contributed by atoms with Gasteiger partial charge in [-0.2, -0.15) is 0 Å². The number of methoxy groups -OCH3 is 2. The van der Waals surface area contributed by atoms with Crippen molar-refractivity contribution in [3.63, 3.8) is 0 Å². The second-order valence-corrected chi connectivity index (χ2v) is 8.21. The van der Waals surface area contributed by atoms with Crippen LogP contribution < -0.4 is 19.7 Å². The van der Waals surface area contributed by atoms with Gasteiger partial charge in [-0.05, 0) is 61.6 Å². The van der Waals surface area contributed by atoms with E-state index >= 15 is 0 Å². The van der Waals surface area contributed by atoms with Gasteiger partial charge in [0.1, 0.15) is 11.5 Å². The lowest BCUT2D eigenvalue weighted by atomic mass is 9.76. The summed E-state index contributed by atoms with van der Waals surface area (Å²) in [5.74, 6) is 0.536. The number of rotatable bonds is 5. The van der Waals surface area contributed by atoms with Crippen molar-refractivity contribution >= 4 is 29.1 Å². The third kappa shape index (κ3) is 3.87. The Balaban J connectivity index is 1.52. The fraction of sp³-hybridized carbons (Fsp3) is 0.375. The summed E-state index contributed by atoms with van der Waals surface area (Å²) in [7, 11) is 3.07. The molecule has 2 aromatic carbocycles. The number of amides is 3. The van der Waals surface area contributed by atoms with Crippen LogP contribution >= 0.6 is 0 Å². The molecule has 3 amide bonds. The maximum Gasteiger partial charge on any atom is 0.255 e. The first-order valence-corrected chi connectivity index (χ1v) is 10.4. The maximum absolute atomic E-state index is 12.9. The van der Waals surface area contributed by atoms with Crippen LogP contribution in [-0.4, -0.2) is 31.9 Å². The van der Waals surface area contributed by atoms with Gasteiger partial charge < -0.3 is 14.8 Å². The third-order valence-corrected chi connectivity index (χ3v) is 6.23. The number of carbonyl (C=O) groups excluding carboxylic acids is 3. The molecule has 0 unspecified atom stereocenters. The molecule has 1 aliphatic carbocycles. The van der Waals surface area contributed by atoms with Crippen molar-refractivity contribution in [3.05, 3.63) is 48.0 Å². The molecule has 0 bridgehead atoms. The molecule has 31 heavy (non-hydrogen) atoms. The summed E-state index contributed by atoms with van der Waals surface area (Å²) in [6, 6.07) is 11.6. The SMILES string of the molecule is COc1ccc(OC)c(NC(=O)c2ccc(N3C(=O)[C@H]4CC[C@H](C)C[C@H]4C3=O)cc2)c1. The Kier molecular flexibility index (Phi) is 5.67. The van der Waals surface area contributed by atoms with Gasteiger partial charge in [0, 0.05) is 11.6 Å². The van der Waals surface area contributed by atoms with Crippen LogP contribution in [0.4, 0.5) is 11.4 Å². The van der Waals surface area contributed by atoms with Crippen molar-refractivity contribution in [2.75, 3.05) is 24.4 Å². The minimum Gasteiger partial charge on any atom is -0.497 e. The van der Waals surface area contributed by atoms with E-state index in [4.69, 9.17) is 9.47 Å². The zero-order valence-corrected chi connectivity index (χ0v) is 17.9. The zero-order chi connectivity index (χ0) is 22.1. The number of anilines is 2. The number of fused-ring (bicyclic) bond motifs is 1. The highest BCUT2D eigenvalue weighted by Gasteiger charge is 2.49. The summed E-state index contributed by atoms with van der Waals surface area (Å²) in [5, 5.41) is 2.81. The van der Waals surface area contributed by atoms with Crippen LogP contribution in [0.5, 0.6) is 11.5 Å². The smallest absolute Gasteiger partial charge is 0.255 e. The van der Waals surface area contributed by atoms with Gasteiger partial charge in [0.25, 0.3) is 5.91 Å². The lowest BCUT2D eigenvalue weighted by molar-refractivity contribution is -0.122. The fourth-order valence-electron chi connectivity index (χ4n) is 4.51. The molecule has 2 fully saturated rings. The standard InChI is InChI=1S/C24H26N2O5/c1-14-4-10-18-19(12-14)24(29)26(23(18)28)16-7-5-15(6-8-16)22(27)25-20-13-17(30-2)9-11-21(20)31-3/h5-9,11,13-14,18-19H,4,10,12H2,1-3H3,(H,25,27)/t14-,18-,19+/m0/s1. The Morgan fingerprint density at radius 3 is 2.35 bits per heavy atom. The molecule has 0 spiro atoms. The average molecular weight is 422 g/mol. The molecule has 1 aliphatic heterocycles. The zero-order valence-electron chi connectivity index (χ0n) is 17.9. The minimum absolute atomic E-state index is 0.125. The van der Waals surface area contributed by atoms with Crippen LogP contribution in [0.2, 0.25) is 0 Å². The second-order valence-electron chi connectivity index (χ2n) is 8.21. The van der Waals surface area contributed by atoms with Gasteiger partial charge in [0.15, 0.2) is 0 Å². The highest BCUT2D eigenvalue weighted by atomic mass is 16.5. The van der Waals surface area contributed by atoms with Crippen LogP contribution in [0.15, 0.2) is 42.5 Å². The number of hydrogen-bond acceptors (Lipinski definition) is 5. The number of nitrogens with zero attached hydrogens (tertiary/aromatic N) is 1. The van der Waals surface area contributed by atoms with E-state index in [0.29, 0.717) is 34.4 Å². The van der Waals surface area contributed by atoms with Gasteiger partial charge in [0.2, 0.25) is 11.8 Å². The van der Waals surface area contributed by atoms with Gasteiger partial charge in [-0.25, -0.2) is 0 Å². The molecule has 0 aromatic heterocycles. The predicted octanol–water partition coefficient (Wildman–Crippen LogP) is 3.88. The summed E-state index contributed by atoms with van der Waals surface area (Å²) in [4.78, 5) is 39.8. The molecule has 7 heteroatoms. The van der Waals surface area contributed by atoms with Crippen LogP contribution in [0, 0.1) is 17.8 Å². The molecule has 0 radical (unpaired) electrons. The van der Waals surface area contributed by atoms with E-state index in [1.165, 1.54) is 12.0 Å². The summed E-state index contributed by atoms with van der Waals surface area (Å²) < 4.78 is 10.5. The molecular weight excluding hydrogens is 396 g/mol. The summed E-state index contributed by atoms with van der Waals surface area (Å²) >= 11 is 0. The molecule has 1 saturated heterocycles. The number of hydrogen-bond donors (Lipinski definition) is 1. The van der Waals surface area contributed by atoms with Crippen LogP contribution in [0.25, 0.3) is 0 Å². The molecule has 1 N–H and O–H groups in total. The van der Waals surface area contributed by atoms with Crippen molar-refractivity contribution in [1.29, 1.82) is 0 Å². The third-order valence-electron chi connectivity index (χ3n) is 6.23. The van der Waals surface area contributed by atoms with E-state index in [2.05, 4.69) is 12.2 Å². The van der Waals surface area contributed by atoms with Gasteiger partial charge in [-0.15, -0.1) is 0 Å². The van der Waals surface area contributed by atoms with Crippen molar-refractivity contribution in [1.82, 2.24) is 0 Å². The Morgan fingerprint density at radius 2 is 1.68 bits per heavy atom. The first-order chi connectivity index (χ1) is 14.9. The quantitative estimate of drug-likeness (QED) is 0.739. The molecule has 7 nitrogen and oxygen atoms in total. The van der Waals surface area contributed by atoms with E-state index in [-0.39, 0.29) is 29.6 Å². The summed E-state index contributed by atoms with van der Waals surface area (Å²) in [6.45, 7) is 2.13. The number of carbonyl (C=O) groups is 3. The Hall–Kier alpha value is -3.35. The van der Waals surface area contributed by atoms with Crippen LogP contribution in [-0.2, 0) is 9.59 Å². The lowest BCUT2D eigenvalue weighted by Crippen LogP contribution is -2.30. The topological polar surface area (TPSA) is 84.9 Å². The van der Waals surface area contributed by atoms with E-state index in [1.807, 2.05) is 0 Å². The highest BCUT2D eigenvalue weighted by Crippen LogP contribution is 2.42. The average Bonchev–Trinajstić information content (AvgIpc) is 3.03. The van der Waals surface area contributed by atoms with Crippen molar-refractivity contribution < 1.29 is 23.9 Å². The molecule has 3 atom stereocenters. The van der Waals surface area contributed by atoms with E-state index in [9.17, 15) is 14.4 Å². The van der Waals surface area contributed by atoms with Crippen molar-refractivity contribution in [3.8, 4) is 11.5 Å². The molecular formula is C24H26N2O5. The first kappa shape index (κ1) is 20.9. The molecule has 1 heterocycles. The number of imide groups is 1. The normalized spacial score (nSPS) is 22.8. The molecule has 2 aliphatic rings. The van der Waals surface area contributed by atoms with Gasteiger partial charge >= 0.3 is 0 Å². The minimum atomic E-state index is -0.334. The predicted molar refractivity (Wildman–Crippen MR) is 116 cm³/mol. The van der Waals surface area contributed by atoms with E-state index in [1.54, 1.807) is 49.6 Å². The maximum atomic E-state index is 12.9. The number of ether oxygens (including phenoxy) is 2. The van der Waals surface area contributed by atoms with Crippen molar-refractivity contribution in [2.45, 2.75) is 26.2 Å². The van der Waals surface area contributed by atoms with Gasteiger partial charge in [0.05, 0.1) is 37.4 Å². The Labute approximate surface area is 181 Å². The molecule has 1 saturated carbocycles. The van der Waals surface area contributed by atoms with Gasteiger partial charge in [-0.3, -0.25) is 19.3 Å². The number of benzene rings is 2. The summed E-state index contributed by atoms with van der Waals surface area (Å²) in [6.07, 6.45) is 2.49. The highest BCUT2D eigenvalue weighted by molar-refractivity contribution is 6.22. The van der Waals surface area contributed by atoms with Crippen LogP contribution in [0.3, 0.4) is 0 Å². The van der Waals surface area contributed by atoms with Crippen molar-refractivity contribution in [2.24, 2.45) is 17.8 Å². The fourth-order valence-corrected chi connectivity index (χ4v) is 4.51. The second kappa shape index (κ2) is 8.41. The summed E-state index contributed by atoms with van der Waals surface area (Å²) in [5.41, 5.74) is 1.39. The number of nitrogens with one attached hydrogen (secondary N) is 1. The Morgan fingerprint density at radius 1 is 0.968 bits per heavy atom. The largest absolute Gasteiger partial charge is 0.497 e. The van der Waals surface area contributed by atoms with E-state index < -0.39 is 0 Å². The first-order valence-electron chi connectivity index (χ1n) is 10.4. The molecule has 4 rings (SSSR count). The van der Waals surface area contributed by atoms with Gasteiger partial charge in [-0.1, -0.05) is 6.92 Å². The molecule has 2 aromatic rings.